The summed E-state index contributed by atoms with van der Waals surface area (Å²) in [6.45, 7) is 5.07. The molecule has 14 heavy (non-hydrogen) atoms. The van der Waals surface area contributed by atoms with Crippen LogP contribution in [0.2, 0.25) is 0 Å². The van der Waals surface area contributed by atoms with Gasteiger partial charge in [-0.05, 0) is 25.0 Å². The van der Waals surface area contributed by atoms with Crippen molar-refractivity contribution in [1.29, 1.82) is 0 Å². The fourth-order valence-corrected chi connectivity index (χ4v) is 2.60. The van der Waals surface area contributed by atoms with Gasteiger partial charge in [0.15, 0.2) is 0 Å². The van der Waals surface area contributed by atoms with Crippen LogP contribution in [0, 0.1) is 0 Å². The average molecular weight is 213 g/mol. The minimum absolute atomic E-state index is 0.0488. The second-order valence-electron chi connectivity index (χ2n) is 3.86. The van der Waals surface area contributed by atoms with Crippen molar-refractivity contribution in [2.24, 2.45) is 5.73 Å². The van der Waals surface area contributed by atoms with Gasteiger partial charge in [-0.15, -0.1) is 11.3 Å². The molecule has 1 heterocycles. The zero-order valence-corrected chi connectivity index (χ0v) is 9.73. The zero-order chi connectivity index (χ0) is 10.6. The predicted molar refractivity (Wildman–Crippen MR) is 61.8 cm³/mol. The first-order chi connectivity index (χ1) is 6.66. The summed E-state index contributed by atoms with van der Waals surface area (Å²) in [5, 5.41) is 9.01. The Labute approximate surface area is 89.8 Å². The normalized spacial score (nSPS) is 15.4. The van der Waals surface area contributed by atoms with E-state index in [1.165, 1.54) is 9.75 Å². The van der Waals surface area contributed by atoms with Crippen molar-refractivity contribution in [2.45, 2.75) is 32.1 Å². The number of hydrogen-bond acceptors (Lipinski definition) is 3. The summed E-state index contributed by atoms with van der Waals surface area (Å²) in [5.74, 6) is 0. The van der Waals surface area contributed by atoms with Gasteiger partial charge in [0.2, 0.25) is 0 Å². The SMILES string of the molecule is CCc1ccc(C(C)(CN)CCO)s1. The molecule has 0 aliphatic heterocycles. The van der Waals surface area contributed by atoms with E-state index in [0.717, 1.165) is 12.8 Å². The number of aryl methyl sites for hydroxylation is 1. The van der Waals surface area contributed by atoms with Crippen molar-refractivity contribution in [3.63, 3.8) is 0 Å². The second kappa shape index (κ2) is 4.91. The Balaban J connectivity index is 2.87. The van der Waals surface area contributed by atoms with Crippen molar-refractivity contribution in [3.8, 4) is 0 Å². The monoisotopic (exact) mass is 213 g/mol. The van der Waals surface area contributed by atoms with Crippen LogP contribution < -0.4 is 5.73 Å². The lowest BCUT2D eigenvalue weighted by molar-refractivity contribution is 0.248. The predicted octanol–water partition coefficient (Wildman–Crippen LogP) is 1.91. The number of aliphatic hydroxyl groups is 1. The summed E-state index contributed by atoms with van der Waals surface area (Å²) in [6, 6.07) is 4.30. The molecule has 3 heteroatoms. The van der Waals surface area contributed by atoms with Gasteiger partial charge in [0, 0.05) is 28.3 Å². The van der Waals surface area contributed by atoms with E-state index < -0.39 is 0 Å². The molecule has 1 atom stereocenters. The number of nitrogens with two attached hydrogens (primary N) is 1. The standard InChI is InChI=1S/C11H19NOS/c1-3-9-4-5-10(14-9)11(2,8-12)6-7-13/h4-5,13H,3,6-8,12H2,1-2H3. The summed E-state index contributed by atoms with van der Waals surface area (Å²) < 4.78 is 0. The Bertz CT molecular complexity index is 285. The zero-order valence-electron chi connectivity index (χ0n) is 8.92. The molecule has 1 unspecified atom stereocenters. The van der Waals surface area contributed by atoms with E-state index in [1.807, 2.05) is 11.3 Å². The Morgan fingerprint density at radius 1 is 1.50 bits per heavy atom. The van der Waals surface area contributed by atoms with Gasteiger partial charge in [-0.25, -0.2) is 0 Å². The van der Waals surface area contributed by atoms with Crippen molar-refractivity contribution in [3.05, 3.63) is 21.9 Å². The molecule has 0 aliphatic carbocycles. The summed E-state index contributed by atoms with van der Waals surface area (Å²) >= 11 is 1.81. The molecule has 0 bridgehead atoms. The van der Waals surface area contributed by atoms with Gasteiger partial charge in [0.05, 0.1) is 0 Å². The maximum Gasteiger partial charge on any atom is 0.0440 e. The van der Waals surface area contributed by atoms with E-state index in [-0.39, 0.29) is 12.0 Å². The van der Waals surface area contributed by atoms with Crippen molar-refractivity contribution < 1.29 is 5.11 Å². The molecule has 0 saturated heterocycles. The maximum absolute atomic E-state index is 9.01. The van der Waals surface area contributed by atoms with Crippen LogP contribution in [0.5, 0.6) is 0 Å². The lowest BCUT2D eigenvalue weighted by Gasteiger charge is -2.25. The molecule has 1 aromatic rings. The van der Waals surface area contributed by atoms with E-state index in [9.17, 15) is 0 Å². The lowest BCUT2D eigenvalue weighted by atomic mass is 9.85. The third-order valence-corrected chi connectivity index (χ3v) is 4.25. The molecule has 1 rings (SSSR count). The molecular formula is C11H19NOS. The molecule has 0 radical (unpaired) electrons. The molecule has 0 aromatic carbocycles. The van der Waals surface area contributed by atoms with E-state index in [4.69, 9.17) is 10.8 Å². The lowest BCUT2D eigenvalue weighted by Crippen LogP contribution is -2.31. The quantitative estimate of drug-likeness (QED) is 0.785. The van der Waals surface area contributed by atoms with Crippen LogP contribution in [0.4, 0.5) is 0 Å². The molecule has 80 valence electrons. The Morgan fingerprint density at radius 3 is 2.64 bits per heavy atom. The third kappa shape index (κ3) is 2.35. The second-order valence-corrected chi connectivity index (χ2v) is 5.03. The van der Waals surface area contributed by atoms with Gasteiger partial charge in [-0.1, -0.05) is 13.8 Å². The summed E-state index contributed by atoms with van der Waals surface area (Å²) in [6.07, 6.45) is 1.82. The van der Waals surface area contributed by atoms with Crippen LogP contribution in [0.3, 0.4) is 0 Å². The number of thiophene rings is 1. The number of aliphatic hydroxyl groups excluding tert-OH is 1. The van der Waals surface area contributed by atoms with E-state index >= 15 is 0 Å². The molecule has 3 N–H and O–H groups in total. The maximum atomic E-state index is 9.01. The van der Waals surface area contributed by atoms with Crippen LogP contribution >= 0.6 is 11.3 Å². The number of hydrogen-bond donors (Lipinski definition) is 2. The molecule has 0 amide bonds. The summed E-state index contributed by atoms with van der Waals surface area (Å²) in [5.41, 5.74) is 5.72. The van der Waals surface area contributed by atoms with Crippen LogP contribution in [0.1, 0.15) is 30.0 Å². The van der Waals surface area contributed by atoms with E-state index in [1.54, 1.807) is 0 Å². The Morgan fingerprint density at radius 2 is 2.21 bits per heavy atom. The highest BCUT2D eigenvalue weighted by atomic mass is 32.1. The topological polar surface area (TPSA) is 46.2 Å². The first kappa shape index (κ1) is 11.7. The van der Waals surface area contributed by atoms with Gasteiger partial charge in [0.1, 0.15) is 0 Å². The fourth-order valence-electron chi connectivity index (χ4n) is 1.46. The Hall–Kier alpha value is -0.380. The van der Waals surface area contributed by atoms with E-state index in [0.29, 0.717) is 6.54 Å². The minimum atomic E-state index is -0.0488. The average Bonchev–Trinajstić information content (AvgIpc) is 2.66. The molecule has 1 aromatic heterocycles. The first-order valence-corrected chi connectivity index (χ1v) is 5.88. The molecular weight excluding hydrogens is 194 g/mol. The van der Waals surface area contributed by atoms with Gasteiger partial charge in [-0.2, -0.15) is 0 Å². The molecule has 0 saturated carbocycles. The summed E-state index contributed by atoms with van der Waals surface area (Å²) in [7, 11) is 0. The number of rotatable bonds is 5. The molecule has 0 aliphatic rings. The largest absolute Gasteiger partial charge is 0.396 e. The molecule has 0 fully saturated rings. The Kier molecular flexibility index (Phi) is 4.11. The van der Waals surface area contributed by atoms with Crippen molar-refractivity contribution in [2.75, 3.05) is 13.2 Å². The van der Waals surface area contributed by atoms with Crippen LogP contribution in [0.15, 0.2) is 12.1 Å². The van der Waals surface area contributed by atoms with Gasteiger partial charge < -0.3 is 10.8 Å². The first-order valence-electron chi connectivity index (χ1n) is 5.06. The highest BCUT2D eigenvalue weighted by molar-refractivity contribution is 7.12. The summed E-state index contributed by atoms with van der Waals surface area (Å²) in [4.78, 5) is 2.68. The minimum Gasteiger partial charge on any atom is -0.396 e. The fraction of sp³-hybridized carbons (Fsp3) is 0.636. The van der Waals surface area contributed by atoms with Crippen molar-refractivity contribution >= 4 is 11.3 Å². The van der Waals surface area contributed by atoms with Crippen LogP contribution in [-0.2, 0) is 11.8 Å². The highest BCUT2D eigenvalue weighted by Gasteiger charge is 2.25. The van der Waals surface area contributed by atoms with Gasteiger partial charge in [-0.3, -0.25) is 0 Å². The van der Waals surface area contributed by atoms with Crippen LogP contribution in [0.25, 0.3) is 0 Å². The third-order valence-electron chi connectivity index (χ3n) is 2.72. The van der Waals surface area contributed by atoms with Gasteiger partial charge in [0.25, 0.3) is 0 Å². The van der Waals surface area contributed by atoms with Crippen molar-refractivity contribution in [1.82, 2.24) is 0 Å². The van der Waals surface area contributed by atoms with E-state index in [2.05, 4.69) is 26.0 Å². The molecule has 2 nitrogen and oxygen atoms in total. The highest BCUT2D eigenvalue weighted by Crippen LogP contribution is 2.32. The smallest absolute Gasteiger partial charge is 0.0440 e. The van der Waals surface area contributed by atoms with Gasteiger partial charge >= 0.3 is 0 Å². The molecule has 0 spiro atoms. The van der Waals surface area contributed by atoms with Crippen LogP contribution in [-0.4, -0.2) is 18.3 Å².